The van der Waals surface area contributed by atoms with E-state index in [0.29, 0.717) is 11.3 Å². The molecule has 1 aromatic heterocycles. The number of aryl methyl sites for hydroxylation is 1. The Bertz CT molecular complexity index is 926. The van der Waals surface area contributed by atoms with Gasteiger partial charge in [-0.2, -0.15) is 0 Å². The minimum absolute atomic E-state index is 0.0982. The van der Waals surface area contributed by atoms with Crippen molar-refractivity contribution in [1.29, 1.82) is 0 Å². The highest BCUT2D eigenvalue weighted by molar-refractivity contribution is 5.90. The van der Waals surface area contributed by atoms with Crippen LogP contribution in [0.4, 0.5) is 0 Å². The first kappa shape index (κ1) is 17.6. The van der Waals surface area contributed by atoms with Gasteiger partial charge in [0.1, 0.15) is 29.8 Å². The summed E-state index contributed by atoms with van der Waals surface area (Å²) in [6.45, 7) is 4.03. The number of ether oxygens (including phenoxy) is 2. The number of carbonyl (C=O) groups excluding carboxylic acids is 1. The van der Waals surface area contributed by atoms with Crippen LogP contribution in [0.2, 0.25) is 0 Å². The Morgan fingerprint density at radius 1 is 1.11 bits per heavy atom. The molecule has 4 rings (SSSR count). The SMILES string of the molecule is Cc1c(COC(=O)c2ccccc2)oc2cccc(OC3CCNCC3)c12. The maximum atomic E-state index is 12.2. The Morgan fingerprint density at radius 3 is 2.67 bits per heavy atom. The van der Waals surface area contributed by atoms with Gasteiger partial charge in [-0.05, 0) is 57.1 Å². The molecule has 0 unspecified atom stereocenters. The van der Waals surface area contributed by atoms with Crippen molar-refractivity contribution >= 4 is 16.9 Å². The standard InChI is InChI=1S/C22H23NO4/c1-15-20(14-25-22(24)16-6-3-2-4-7-16)27-19-9-5-8-18(21(15)19)26-17-10-12-23-13-11-17/h2-9,17,23H,10-14H2,1H3. The lowest BCUT2D eigenvalue weighted by Gasteiger charge is -2.24. The average molecular weight is 365 g/mol. The molecule has 3 aromatic rings. The lowest BCUT2D eigenvalue weighted by atomic mass is 10.1. The van der Waals surface area contributed by atoms with Crippen LogP contribution in [0, 0.1) is 6.92 Å². The molecule has 27 heavy (non-hydrogen) atoms. The highest BCUT2D eigenvalue weighted by atomic mass is 16.5. The van der Waals surface area contributed by atoms with E-state index in [-0.39, 0.29) is 18.7 Å². The minimum atomic E-state index is -0.360. The van der Waals surface area contributed by atoms with Gasteiger partial charge in [0.15, 0.2) is 0 Å². The molecule has 0 aliphatic carbocycles. The molecule has 0 amide bonds. The molecule has 1 fully saturated rings. The third-order valence-electron chi connectivity index (χ3n) is 4.94. The summed E-state index contributed by atoms with van der Waals surface area (Å²) in [4.78, 5) is 12.2. The smallest absolute Gasteiger partial charge is 0.338 e. The number of nitrogens with one attached hydrogen (secondary N) is 1. The quantitative estimate of drug-likeness (QED) is 0.686. The number of piperidine rings is 1. The maximum absolute atomic E-state index is 12.2. The normalized spacial score (nSPS) is 15.0. The second kappa shape index (κ2) is 7.84. The number of esters is 1. The van der Waals surface area contributed by atoms with E-state index in [9.17, 15) is 4.79 Å². The van der Waals surface area contributed by atoms with Crippen LogP contribution < -0.4 is 10.1 Å². The van der Waals surface area contributed by atoms with Crippen LogP contribution in [0.25, 0.3) is 11.0 Å². The van der Waals surface area contributed by atoms with Crippen LogP contribution >= 0.6 is 0 Å². The fourth-order valence-corrected chi connectivity index (χ4v) is 3.43. The molecule has 2 aromatic carbocycles. The van der Waals surface area contributed by atoms with Crippen LogP contribution in [-0.4, -0.2) is 25.2 Å². The molecule has 0 radical (unpaired) electrons. The van der Waals surface area contributed by atoms with Crippen LogP contribution in [0.5, 0.6) is 5.75 Å². The van der Waals surface area contributed by atoms with Crippen molar-refractivity contribution in [2.45, 2.75) is 32.5 Å². The molecular weight excluding hydrogens is 342 g/mol. The fraction of sp³-hybridized carbons (Fsp3) is 0.318. The van der Waals surface area contributed by atoms with E-state index in [4.69, 9.17) is 13.9 Å². The summed E-state index contributed by atoms with van der Waals surface area (Å²) in [5.41, 5.74) is 2.24. The molecule has 2 heterocycles. The van der Waals surface area contributed by atoms with Crippen LogP contribution in [0.3, 0.4) is 0 Å². The van der Waals surface area contributed by atoms with Crippen molar-refractivity contribution < 1.29 is 18.7 Å². The van der Waals surface area contributed by atoms with E-state index in [1.807, 2.05) is 43.3 Å². The highest BCUT2D eigenvalue weighted by Crippen LogP contribution is 2.34. The lowest BCUT2D eigenvalue weighted by molar-refractivity contribution is 0.0446. The molecule has 1 aliphatic heterocycles. The Labute approximate surface area is 158 Å². The summed E-state index contributed by atoms with van der Waals surface area (Å²) in [5.74, 6) is 1.12. The molecule has 140 valence electrons. The Morgan fingerprint density at radius 2 is 1.89 bits per heavy atom. The second-order valence-corrected chi connectivity index (χ2v) is 6.79. The monoisotopic (exact) mass is 365 g/mol. The lowest BCUT2D eigenvalue weighted by Crippen LogP contribution is -2.34. The number of benzene rings is 2. The van der Waals surface area contributed by atoms with Crippen molar-refractivity contribution in [3.05, 3.63) is 65.4 Å². The molecule has 1 N–H and O–H groups in total. The third kappa shape index (κ3) is 3.83. The average Bonchev–Trinajstić information content (AvgIpc) is 3.04. The van der Waals surface area contributed by atoms with Crippen molar-refractivity contribution in [1.82, 2.24) is 5.32 Å². The Balaban J connectivity index is 1.53. The van der Waals surface area contributed by atoms with E-state index in [1.165, 1.54) is 0 Å². The summed E-state index contributed by atoms with van der Waals surface area (Å²) in [7, 11) is 0. The van der Waals surface area contributed by atoms with Gasteiger partial charge in [0, 0.05) is 5.56 Å². The zero-order chi connectivity index (χ0) is 18.6. The van der Waals surface area contributed by atoms with Crippen molar-refractivity contribution in [2.75, 3.05) is 13.1 Å². The summed E-state index contributed by atoms with van der Waals surface area (Å²) in [6.07, 6.45) is 2.20. The summed E-state index contributed by atoms with van der Waals surface area (Å²) < 4.78 is 17.6. The van der Waals surface area contributed by atoms with E-state index in [1.54, 1.807) is 12.1 Å². The maximum Gasteiger partial charge on any atom is 0.338 e. The molecular formula is C22H23NO4. The number of fused-ring (bicyclic) bond motifs is 1. The largest absolute Gasteiger partial charge is 0.490 e. The molecule has 0 atom stereocenters. The fourth-order valence-electron chi connectivity index (χ4n) is 3.43. The van der Waals surface area contributed by atoms with Crippen molar-refractivity contribution in [3.63, 3.8) is 0 Å². The Hall–Kier alpha value is -2.79. The summed E-state index contributed by atoms with van der Waals surface area (Å²) >= 11 is 0. The molecule has 1 saturated heterocycles. The molecule has 5 nitrogen and oxygen atoms in total. The van der Waals surface area contributed by atoms with E-state index in [2.05, 4.69) is 5.32 Å². The molecule has 5 heteroatoms. The van der Waals surface area contributed by atoms with Crippen LogP contribution in [-0.2, 0) is 11.3 Å². The predicted octanol–water partition coefficient (Wildman–Crippen LogP) is 4.23. The van der Waals surface area contributed by atoms with Gasteiger partial charge in [-0.1, -0.05) is 24.3 Å². The van der Waals surface area contributed by atoms with E-state index < -0.39 is 0 Å². The first-order valence-electron chi connectivity index (χ1n) is 9.33. The van der Waals surface area contributed by atoms with Crippen molar-refractivity contribution in [2.24, 2.45) is 0 Å². The predicted molar refractivity (Wildman–Crippen MR) is 103 cm³/mol. The number of rotatable bonds is 5. The highest BCUT2D eigenvalue weighted by Gasteiger charge is 2.20. The molecule has 0 spiro atoms. The first-order valence-corrected chi connectivity index (χ1v) is 9.33. The third-order valence-corrected chi connectivity index (χ3v) is 4.94. The van der Waals surface area contributed by atoms with Gasteiger partial charge < -0.3 is 19.2 Å². The zero-order valence-corrected chi connectivity index (χ0v) is 15.4. The number of carbonyl (C=O) groups is 1. The van der Waals surface area contributed by atoms with Gasteiger partial charge in [0.25, 0.3) is 0 Å². The molecule has 1 aliphatic rings. The topological polar surface area (TPSA) is 60.7 Å². The summed E-state index contributed by atoms with van der Waals surface area (Å²) in [6, 6.07) is 14.8. The zero-order valence-electron chi connectivity index (χ0n) is 15.4. The van der Waals surface area contributed by atoms with E-state index in [0.717, 1.165) is 48.2 Å². The van der Waals surface area contributed by atoms with Gasteiger partial charge >= 0.3 is 5.97 Å². The molecule has 0 saturated carbocycles. The van der Waals surface area contributed by atoms with Gasteiger partial charge in [0.05, 0.1) is 10.9 Å². The van der Waals surface area contributed by atoms with Crippen LogP contribution in [0.15, 0.2) is 52.9 Å². The number of hydrogen-bond donors (Lipinski definition) is 1. The number of furan rings is 1. The van der Waals surface area contributed by atoms with Gasteiger partial charge in [-0.3, -0.25) is 0 Å². The van der Waals surface area contributed by atoms with Crippen LogP contribution in [0.1, 0.15) is 34.5 Å². The Kier molecular flexibility index (Phi) is 5.12. The van der Waals surface area contributed by atoms with Gasteiger partial charge in [-0.25, -0.2) is 4.79 Å². The second-order valence-electron chi connectivity index (χ2n) is 6.79. The van der Waals surface area contributed by atoms with Gasteiger partial charge in [0.2, 0.25) is 0 Å². The number of hydrogen-bond acceptors (Lipinski definition) is 5. The van der Waals surface area contributed by atoms with Crippen molar-refractivity contribution in [3.8, 4) is 5.75 Å². The summed E-state index contributed by atoms with van der Waals surface area (Å²) in [5, 5.41) is 4.31. The molecule has 0 bridgehead atoms. The van der Waals surface area contributed by atoms with E-state index >= 15 is 0 Å². The van der Waals surface area contributed by atoms with Gasteiger partial charge in [-0.15, -0.1) is 0 Å². The first-order chi connectivity index (χ1) is 13.2. The minimum Gasteiger partial charge on any atom is -0.490 e.